The summed E-state index contributed by atoms with van der Waals surface area (Å²) in [7, 11) is 0. The molecule has 21 heavy (non-hydrogen) atoms. The molecule has 8 heteroatoms. The fourth-order valence-electron chi connectivity index (χ4n) is 1.75. The van der Waals surface area contributed by atoms with E-state index in [0.717, 1.165) is 12.8 Å². The summed E-state index contributed by atoms with van der Waals surface area (Å²) in [5, 5.41) is 32.8. The van der Waals surface area contributed by atoms with Gasteiger partial charge in [-0.1, -0.05) is 0 Å². The Labute approximate surface area is 135 Å². The van der Waals surface area contributed by atoms with Gasteiger partial charge in [0.25, 0.3) is 0 Å². The number of nitrogens with zero attached hydrogens (tertiary/aromatic N) is 2. The summed E-state index contributed by atoms with van der Waals surface area (Å²) in [6.07, 6.45) is 1.50. The van der Waals surface area contributed by atoms with E-state index in [9.17, 15) is 15.2 Å². The minimum atomic E-state index is -0.739. The highest BCUT2D eigenvalue weighted by Gasteiger charge is 2.23. The van der Waals surface area contributed by atoms with Crippen molar-refractivity contribution in [1.29, 1.82) is 5.26 Å². The number of ether oxygens (including phenoxy) is 1. The fraction of sp³-hybridized carbons (Fsp3) is 0.462. The van der Waals surface area contributed by atoms with Crippen LogP contribution in [-0.2, 0) is 0 Å². The summed E-state index contributed by atoms with van der Waals surface area (Å²) in [6, 6.07) is 5.03. The molecule has 0 radical (unpaired) electrons. The van der Waals surface area contributed by atoms with E-state index in [1.54, 1.807) is 0 Å². The lowest BCUT2D eigenvalue weighted by Crippen LogP contribution is -2.32. The number of nitrogens with one attached hydrogen (secondary N) is 1. The molecule has 1 aromatic carbocycles. The average Bonchev–Trinajstić information content (AvgIpc) is 3.26. The maximum atomic E-state index is 11.0. The molecule has 0 spiro atoms. The Morgan fingerprint density at radius 2 is 2.33 bits per heavy atom. The van der Waals surface area contributed by atoms with Crippen LogP contribution in [0.4, 0.5) is 5.69 Å². The van der Waals surface area contributed by atoms with Gasteiger partial charge in [-0.3, -0.25) is 10.1 Å². The Hall–Kier alpha value is -1.44. The van der Waals surface area contributed by atoms with E-state index in [-0.39, 0.29) is 23.6 Å². The minimum Gasteiger partial charge on any atom is -0.483 e. The standard InChI is InChI=1S/C13H14IN3O4/c14-11-3-8(5-15)4-12(17(19)20)13(11)21-7-10(18)6-16-9-1-2-9/h3-4,9-10,16,18H,1-2,6-7H2. The Kier molecular flexibility index (Phi) is 5.33. The van der Waals surface area contributed by atoms with Crippen molar-refractivity contribution in [2.45, 2.75) is 25.0 Å². The first kappa shape index (κ1) is 15.9. The zero-order valence-corrected chi connectivity index (χ0v) is 13.2. The van der Waals surface area contributed by atoms with E-state index in [2.05, 4.69) is 5.32 Å². The molecule has 0 saturated heterocycles. The van der Waals surface area contributed by atoms with Gasteiger partial charge in [0, 0.05) is 18.7 Å². The van der Waals surface area contributed by atoms with Gasteiger partial charge >= 0.3 is 5.69 Å². The molecule has 0 heterocycles. The van der Waals surface area contributed by atoms with Crippen molar-refractivity contribution in [3.63, 3.8) is 0 Å². The maximum absolute atomic E-state index is 11.0. The van der Waals surface area contributed by atoms with Crippen LogP contribution in [0.25, 0.3) is 0 Å². The number of hydrogen-bond acceptors (Lipinski definition) is 6. The molecule has 1 atom stereocenters. The SMILES string of the molecule is N#Cc1cc(I)c(OCC(O)CNC2CC2)c([N+](=O)[O-])c1. The monoisotopic (exact) mass is 403 g/mol. The first-order chi connectivity index (χ1) is 10.0. The third kappa shape index (κ3) is 4.52. The summed E-state index contributed by atoms with van der Waals surface area (Å²) in [5.74, 6) is 0.0880. The number of nitriles is 1. The minimum absolute atomic E-state index is 0.0392. The number of nitro benzene ring substituents is 1. The molecule has 1 aliphatic carbocycles. The van der Waals surface area contributed by atoms with Gasteiger partial charge in [0.1, 0.15) is 12.7 Å². The van der Waals surface area contributed by atoms with Gasteiger partial charge in [-0.25, -0.2) is 0 Å². The third-order valence-electron chi connectivity index (χ3n) is 2.99. The Balaban J connectivity index is 2.03. The van der Waals surface area contributed by atoms with Crippen LogP contribution in [0.5, 0.6) is 5.75 Å². The summed E-state index contributed by atoms with van der Waals surface area (Å²) >= 11 is 1.88. The molecule has 1 fully saturated rings. The number of aliphatic hydroxyl groups is 1. The molecule has 2 rings (SSSR count). The molecule has 0 aromatic heterocycles. The zero-order valence-electron chi connectivity index (χ0n) is 11.1. The van der Waals surface area contributed by atoms with E-state index in [4.69, 9.17) is 10.00 Å². The van der Waals surface area contributed by atoms with E-state index >= 15 is 0 Å². The highest BCUT2D eigenvalue weighted by Crippen LogP contribution is 2.33. The topological polar surface area (TPSA) is 108 Å². The fourth-order valence-corrected chi connectivity index (χ4v) is 2.52. The van der Waals surface area contributed by atoms with Crippen molar-refractivity contribution >= 4 is 28.3 Å². The second-order valence-corrected chi connectivity index (χ2v) is 5.98. The van der Waals surface area contributed by atoms with Crippen molar-refractivity contribution in [2.75, 3.05) is 13.2 Å². The van der Waals surface area contributed by atoms with E-state index in [1.165, 1.54) is 12.1 Å². The quantitative estimate of drug-likeness (QED) is 0.407. The summed E-state index contributed by atoms with van der Waals surface area (Å²) in [4.78, 5) is 10.5. The number of halogens is 1. The van der Waals surface area contributed by atoms with Crippen LogP contribution >= 0.6 is 22.6 Å². The lowest BCUT2D eigenvalue weighted by molar-refractivity contribution is -0.386. The molecule has 1 unspecified atom stereocenters. The smallest absolute Gasteiger partial charge is 0.313 e. The lowest BCUT2D eigenvalue weighted by atomic mass is 10.2. The van der Waals surface area contributed by atoms with E-state index < -0.39 is 11.0 Å². The van der Waals surface area contributed by atoms with Crippen LogP contribution in [0.1, 0.15) is 18.4 Å². The van der Waals surface area contributed by atoms with Gasteiger partial charge in [-0.05, 0) is 41.5 Å². The zero-order chi connectivity index (χ0) is 15.4. The second-order valence-electron chi connectivity index (χ2n) is 4.82. The molecule has 0 bridgehead atoms. The third-order valence-corrected chi connectivity index (χ3v) is 3.79. The molecule has 7 nitrogen and oxygen atoms in total. The van der Waals surface area contributed by atoms with Crippen LogP contribution in [0.2, 0.25) is 0 Å². The number of rotatable bonds is 7. The van der Waals surface area contributed by atoms with Crippen molar-refractivity contribution in [3.8, 4) is 11.8 Å². The predicted molar refractivity (Wildman–Crippen MR) is 83.1 cm³/mol. The summed E-state index contributed by atoms with van der Waals surface area (Å²) in [5.41, 5.74) is -0.0600. The average molecular weight is 403 g/mol. The van der Waals surface area contributed by atoms with Crippen LogP contribution in [-0.4, -0.2) is 35.3 Å². The van der Waals surface area contributed by atoms with Gasteiger partial charge in [-0.15, -0.1) is 0 Å². The largest absolute Gasteiger partial charge is 0.483 e. The normalized spacial score (nSPS) is 15.3. The van der Waals surface area contributed by atoms with Gasteiger partial charge in [-0.2, -0.15) is 5.26 Å². The molecule has 0 amide bonds. The molecule has 1 saturated carbocycles. The molecular formula is C13H14IN3O4. The number of nitro groups is 1. The number of aliphatic hydroxyl groups excluding tert-OH is 1. The maximum Gasteiger partial charge on any atom is 0.313 e. The first-order valence-electron chi connectivity index (χ1n) is 6.43. The van der Waals surface area contributed by atoms with Crippen LogP contribution in [0.15, 0.2) is 12.1 Å². The van der Waals surface area contributed by atoms with Gasteiger partial charge in [0.05, 0.1) is 20.1 Å². The second kappa shape index (κ2) is 7.02. The molecule has 2 N–H and O–H groups in total. The first-order valence-corrected chi connectivity index (χ1v) is 7.51. The Bertz CT molecular complexity index is 584. The summed E-state index contributed by atoms with van der Waals surface area (Å²) < 4.78 is 5.87. The highest BCUT2D eigenvalue weighted by atomic mass is 127. The lowest BCUT2D eigenvalue weighted by Gasteiger charge is -2.14. The van der Waals surface area contributed by atoms with E-state index in [1.807, 2.05) is 28.7 Å². The van der Waals surface area contributed by atoms with Crippen LogP contribution in [0, 0.1) is 25.0 Å². The number of hydrogen-bond donors (Lipinski definition) is 2. The molecular weight excluding hydrogens is 389 g/mol. The van der Waals surface area contributed by atoms with Crippen molar-refractivity contribution in [3.05, 3.63) is 31.4 Å². The van der Waals surface area contributed by atoms with Crippen molar-refractivity contribution in [1.82, 2.24) is 5.32 Å². The van der Waals surface area contributed by atoms with Gasteiger partial charge < -0.3 is 15.2 Å². The molecule has 0 aliphatic heterocycles. The number of benzene rings is 1. The summed E-state index contributed by atoms with van der Waals surface area (Å²) in [6.45, 7) is 0.355. The predicted octanol–water partition coefficient (Wildman–Crippen LogP) is 1.56. The van der Waals surface area contributed by atoms with Crippen LogP contribution < -0.4 is 10.1 Å². The molecule has 1 aromatic rings. The van der Waals surface area contributed by atoms with Crippen molar-refractivity contribution in [2.24, 2.45) is 0 Å². The van der Waals surface area contributed by atoms with Crippen molar-refractivity contribution < 1.29 is 14.8 Å². The molecule has 112 valence electrons. The van der Waals surface area contributed by atoms with Crippen LogP contribution in [0.3, 0.4) is 0 Å². The van der Waals surface area contributed by atoms with Gasteiger partial charge in [0.2, 0.25) is 5.75 Å². The van der Waals surface area contributed by atoms with Gasteiger partial charge in [0.15, 0.2) is 0 Å². The highest BCUT2D eigenvalue weighted by molar-refractivity contribution is 14.1. The molecule has 1 aliphatic rings. The Morgan fingerprint density at radius 3 is 2.90 bits per heavy atom. The Morgan fingerprint density at radius 1 is 1.62 bits per heavy atom. The van der Waals surface area contributed by atoms with E-state index in [0.29, 0.717) is 16.2 Å².